The third kappa shape index (κ3) is 3.38. The van der Waals surface area contributed by atoms with Crippen molar-refractivity contribution < 1.29 is 19.1 Å². The highest BCUT2D eigenvalue weighted by Gasteiger charge is 2.23. The molecule has 2 heterocycles. The first-order valence-corrected chi connectivity index (χ1v) is 8.81. The summed E-state index contributed by atoms with van der Waals surface area (Å²) in [6, 6.07) is 6.98. The minimum atomic E-state index is -1.05. The number of carbonyl (C=O) groups excluding carboxylic acids is 1. The van der Waals surface area contributed by atoms with Crippen LogP contribution in [0.2, 0.25) is 5.02 Å². The van der Waals surface area contributed by atoms with Crippen molar-refractivity contribution in [3.63, 3.8) is 0 Å². The van der Waals surface area contributed by atoms with Crippen molar-refractivity contribution >= 4 is 34.7 Å². The van der Waals surface area contributed by atoms with Gasteiger partial charge in [-0.1, -0.05) is 23.7 Å². The predicted octanol–water partition coefficient (Wildman–Crippen LogP) is 5.40. The van der Waals surface area contributed by atoms with Gasteiger partial charge in [0.1, 0.15) is 5.76 Å². The van der Waals surface area contributed by atoms with Crippen LogP contribution in [0.25, 0.3) is 10.4 Å². The second-order valence-electron chi connectivity index (χ2n) is 5.73. The summed E-state index contributed by atoms with van der Waals surface area (Å²) in [5, 5.41) is 12.0. The van der Waals surface area contributed by atoms with E-state index < -0.39 is 5.97 Å². The average molecular weight is 375 g/mol. The number of furan rings is 1. The topological polar surface area (TPSA) is 67.5 Å². The number of Topliss-reactive ketones (excluding diaryl/α,β-unsaturated/α-hetero) is 1. The summed E-state index contributed by atoms with van der Waals surface area (Å²) >= 11 is 7.21. The summed E-state index contributed by atoms with van der Waals surface area (Å²) < 4.78 is 5.27. The molecule has 0 atom stereocenters. The summed E-state index contributed by atoms with van der Waals surface area (Å²) in [5.41, 5.74) is 2.72. The fourth-order valence-corrected chi connectivity index (χ4v) is 4.02. The molecule has 1 N–H and O–H groups in total. The van der Waals surface area contributed by atoms with Gasteiger partial charge in [0.2, 0.25) is 0 Å². The van der Waals surface area contributed by atoms with E-state index in [-0.39, 0.29) is 17.8 Å². The van der Waals surface area contributed by atoms with Crippen LogP contribution in [0.1, 0.15) is 37.6 Å². The van der Waals surface area contributed by atoms with E-state index >= 15 is 0 Å². The maximum Gasteiger partial charge on any atom is 0.337 e. The molecule has 1 aromatic carbocycles. The van der Waals surface area contributed by atoms with Gasteiger partial charge in [-0.3, -0.25) is 4.79 Å². The summed E-state index contributed by atoms with van der Waals surface area (Å²) in [6.45, 7) is 3.53. The molecular weight excluding hydrogens is 360 g/mol. The molecular formula is C19H15ClO4S. The molecule has 0 saturated carbocycles. The van der Waals surface area contributed by atoms with Crippen LogP contribution in [0.5, 0.6) is 0 Å². The first-order chi connectivity index (χ1) is 11.9. The van der Waals surface area contributed by atoms with E-state index in [1.807, 2.05) is 0 Å². The Bertz CT molecular complexity index is 931. The van der Waals surface area contributed by atoms with Gasteiger partial charge in [-0.2, -0.15) is 0 Å². The fourth-order valence-electron chi connectivity index (χ4n) is 2.82. The number of halogens is 1. The summed E-state index contributed by atoms with van der Waals surface area (Å²) in [4.78, 5) is 25.0. The molecule has 0 aliphatic rings. The van der Waals surface area contributed by atoms with Crippen molar-refractivity contribution in [3.05, 3.63) is 68.9 Å². The van der Waals surface area contributed by atoms with E-state index in [4.69, 9.17) is 16.0 Å². The van der Waals surface area contributed by atoms with Crippen molar-refractivity contribution in [1.82, 2.24) is 0 Å². The molecule has 0 unspecified atom stereocenters. The molecule has 6 heteroatoms. The van der Waals surface area contributed by atoms with Crippen LogP contribution in [0.3, 0.4) is 0 Å². The minimum Gasteiger partial charge on any atom is -0.478 e. The SMILES string of the molecule is Cc1coc(C)c1C(=O)Cc1csc(-c2ccc(Cl)cc2)c1C(=O)O. The third-order valence-electron chi connectivity index (χ3n) is 3.98. The maximum absolute atomic E-state index is 12.6. The normalized spacial score (nSPS) is 10.8. The van der Waals surface area contributed by atoms with Gasteiger partial charge in [-0.05, 0) is 48.1 Å². The number of thiophene rings is 1. The standard InChI is InChI=1S/C19H15ClO4S/c1-10-8-24-11(2)16(10)15(21)7-13-9-25-18(17(13)19(22)23)12-3-5-14(20)6-4-12/h3-6,8-9H,7H2,1-2H3,(H,22,23). The van der Waals surface area contributed by atoms with Crippen molar-refractivity contribution in [2.24, 2.45) is 0 Å². The molecule has 4 nitrogen and oxygen atoms in total. The zero-order valence-electron chi connectivity index (χ0n) is 13.6. The lowest BCUT2D eigenvalue weighted by atomic mass is 9.98. The Labute approximate surface area is 153 Å². The highest BCUT2D eigenvalue weighted by atomic mass is 35.5. The number of ketones is 1. The summed E-state index contributed by atoms with van der Waals surface area (Å²) in [6.07, 6.45) is 1.56. The average Bonchev–Trinajstić information content (AvgIpc) is 3.11. The van der Waals surface area contributed by atoms with E-state index in [1.54, 1.807) is 43.5 Å². The Hall–Kier alpha value is -2.37. The van der Waals surface area contributed by atoms with Crippen LogP contribution in [-0.4, -0.2) is 16.9 Å². The lowest BCUT2D eigenvalue weighted by Gasteiger charge is -2.04. The van der Waals surface area contributed by atoms with Crippen LogP contribution in [-0.2, 0) is 6.42 Å². The maximum atomic E-state index is 12.6. The smallest absolute Gasteiger partial charge is 0.337 e. The number of benzene rings is 1. The summed E-state index contributed by atoms with van der Waals surface area (Å²) in [5.74, 6) is -0.645. The quantitative estimate of drug-likeness (QED) is 0.607. The van der Waals surface area contributed by atoms with Gasteiger partial charge in [-0.25, -0.2) is 4.79 Å². The van der Waals surface area contributed by atoms with Crippen LogP contribution >= 0.6 is 22.9 Å². The number of rotatable bonds is 5. The molecule has 128 valence electrons. The van der Waals surface area contributed by atoms with E-state index in [1.165, 1.54) is 17.6 Å². The first kappa shape index (κ1) is 17.5. The monoisotopic (exact) mass is 374 g/mol. The third-order valence-corrected chi connectivity index (χ3v) is 5.31. The number of aryl methyl sites for hydroxylation is 2. The van der Waals surface area contributed by atoms with E-state index in [0.717, 1.165) is 11.1 Å². The van der Waals surface area contributed by atoms with Crippen molar-refractivity contribution in [3.8, 4) is 10.4 Å². The largest absolute Gasteiger partial charge is 0.478 e. The van der Waals surface area contributed by atoms with E-state index in [9.17, 15) is 14.7 Å². The lowest BCUT2D eigenvalue weighted by molar-refractivity contribution is 0.0697. The Morgan fingerprint density at radius 2 is 1.84 bits per heavy atom. The lowest BCUT2D eigenvalue weighted by Crippen LogP contribution is -2.09. The van der Waals surface area contributed by atoms with Crippen LogP contribution < -0.4 is 0 Å². The highest BCUT2D eigenvalue weighted by molar-refractivity contribution is 7.14. The molecule has 25 heavy (non-hydrogen) atoms. The van der Waals surface area contributed by atoms with Crippen LogP contribution in [0, 0.1) is 13.8 Å². The second kappa shape index (κ2) is 6.86. The molecule has 0 fully saturated rings. The number of aromatic carboxylic acids is 1. The zero-order chi connectivity index (χ0) is 18.1. The molecule has 3 aromatic rings. The number of carboxylic acids is 1. The van der Waals surface area contributed by atoms with Crippen molar-refractivity contribution in [2.75, 3.05) is 0 Å². The molecule has 0 aliphatic heterocycles. The van der Waals surface area contributed by atoms with Crippen LogP contribution in [0.4, 0.5) is 0 Å². The van der Waals surface area contributed by atoms with E-state index in [2.05, 4.69) is 0 Å². The Morgan fingerprint density at radius 3 is 2.40 bits per heavy atom. The highest BCUT2D eigenvalue weighted by Crippen LogP contribution is 2.34. The zero-order valence-corrected chi connectivity index (χ0v) is 15.2. The van der Waals surface area contributed by atoms with Gasteiger partial charge in [0.05, 0.1) is 17.4 Å². The van der Waals surface area contributed by atoms with Gasteiger partial charge in [-0.15, -0.1) is 11.3 Å². The van der Waals surface area contributed by atoms with Crippen LogP contribution in [0.15, 0.2) is 40.3 Å². The Balaban J connectivity index is 1.99. The van der Waals surface area contributed by atoms with Gasteiger partial charge in [0.15, 0.2) is 5.78 Å². The molecule has 2 aromatic heterocycles. The predicted molar refractivity (Wildman–Crippen MR) is 97.9 cm³/mol. The number of hydrogen-bond donors (Lipinski definition) is 1. The Kier molecular flexibility index (Phi) is 4.79. The molecule has 0 spiro atoms. The summed E-state index contributed by atoms with van der Waals surface area (Å²) in [7, 11) is 0. The van der Waals surface area contributed by atoms with Gasteiger partial charge in [0, 0.05) is 16.3 Å². The van der Waals surface area contributed by atoms with Crippen molar-refractivity contribution in [2.45, 2.75) is 20.3 Å². The van der Waals surface area contributed by atoms with Crippen molar-refractivity contribution in [1.29, 1.82) is 0 Å². The fraction of sp³-hybridized carbons (Fsp3) is 0.158. The Morgan fingerprint density at radius 1 is 1.16 bits per heavy atom. The number of carboxylic acid groups (broad SMARTS) is 1. The minimum absolute atomic E-state index is 0.0208. The molecule has 0 amide bonds. The molecule has 0 bridgehead atoms. The van der Waals surface area contributed by atoms with Gasteiger partial charge < -0.3 is 9.52 Å². The first-order valence-electron chi connectivity index (χ1n) is 7.56. The molecule has 3 rings (SSSR count). The molecule has 0 radical (unpaired) electrons. The van der Waals surface area contributed by atoms with Gasteiger partial charge in [0.25, 0.3) is 0 Å². The molecule has 0 aliphatic carbocycles. The van der Waals surface area contributed by atoms with E-state index in [0.29, 0.717) is 26.8 Å². The molecule has 0 saturated heterocycles. The number of hydrogen-bond acceptors (Lipinski definition) is 4. The number of carbonyl (C=O) groups is 2. The second-order valence-corrected chi connectivity index (χ2v) is 7.04. The van der Waals surface area contributed by atoms with Gasteiger partial charge >= 0.3 is 5.97 Å².